The van der Waals surface area contributed by atoms with E-state index in [-0.39, 0.29) is 23.8 Å². The van der Waals surface area contributed by atoms with Gasteiger partial charge < -0.3 is 20.7 Å². The van der Waals surface area contributed by atoms with Crippen LogP contribution < -0.4 is 16.0 Å². The Bertz CT molecular complexity index is 996. The van der Waals surface area contributed by atoms with Crippen molar-refractivity contribution in [2.24, 2.45) is 5.92 Å². The number of anilines is 2. The minimum absolute atomic E-state index is 0.0199. The number of aromatic nitrogens is 1. The summed E-state index contributed by atoms with van der Waals surface area (Å²) in [6, 6.07) is 12.1. The van der Waals surface area contributed by atoms with Crippen LogP contribution in [0.3, 0.4) is 0 Å². The molecule has 1 aromatic heterocycles. The first kappa shape index (κ1) is 24.7. The van der Waals surface area contributed by atoms with Gasteiger partial charge in [0.25, 0.3) is 5.91 Å². The lowest BCUT2D eigenvalue weighted by Gasteiger charge is -2.29. The van der Waals surface area contributed by atoms with E-state index in [1.165, 1.54) is 0 Å². The van der Waals surface area contributed by atoms with Gasteiger partial charge in [0, 0.05) is 23.3 Å². The van der Waals surface area contributed by atoms with Crippen molar-refractivity contribution in [2.75, 3.05) is 10.6 Å². The molecule has 3 rings (SSSR count). The van der Waals surface area contributed by atoms with Crippen LogP contribution in [-0.2, 0) is 9.53 Å². The molecule has 0 spiro atoms. The highest BCUT2D eigenvalue weighted by atomic mass is 79.9. The number of carbonyl (C=O) groups is 3. The van der Waals surface area contributed by atoms with E-state index >= 15 is 0 Å². The van der Waals surface area contributed by atoms with Gasteiger partial charge in [-0.15, -0.1) is 0 Å². The van der Waals surface area contributed by atoms with Crippen molar-refractivity contribution in [3.63, 3.8) is 0 Å². The first-order valence-electron chi connectivity index (χ1n) is 10.9. The number of nitrogens with zero attached hydrogens (tertiary/aromatic N) is 1. The molecule has 0 aliphatic heterocycles. The van der Waals surface area contributed by atoms with Crippen molar-refractivity contribution in [2.45, 2.75) is 58.1 Å². The molecular formula is C24H29BrN4O4. The molecular weight excluding hydrogens is 488 g/mol. The van der Waals surface area contributed by atoms with E-state index in [1.807, 2.05) is 20.8 Å². The SMILES string of the molecule is CC(C)(C)OC(=O)NC1CCC(C(=O)Nc2ccc(NC(=O)c3cccc(Br)n3)cc2)CC1. The van der Waals surface area contributed by atoms with Crippen LogP contribution in [0.5, 0.6) is 0 Å². The van der Waals surface area contributed by atoms with E-state index in [1.54, 1.807) is 42.5 Å². The van der Waals surface area contributed by atoms with Crippen molar-refractivity contribution in [3.8, 4) is 0 Å². The van der Waals surface area contributed by atoms with Crippen molar-refractivity contribution < 1.29 is 19.1 Å². The van der Waals surface area contributed by atoms with Crippen LogP contribution in [0.4, 0.5) is 16.2 Å². The highest BCUT2D eigenvalue weighted by Gasteiger charge is 2.28. The van der Waals surface area contributed by atoms with E-state index in [0.29, 0.717) is 34.5 Å². The lowest BCUT2D eigenvalue weighted by molar-refractivity contribution is -0.120. The quantitative estimate of drug-likeness (QED) is 0.477. The van der Waals surface area contributed by atoms with Crippen molar-refractivity contribution in [3.05, 3.63) is 52.8 Å². The topological polar surface area (TPSA) is 109 Å². The Labute approximate surface area is 202 Å². The van der Waals surface area contributed by atoms with Crippen molar-refractivity contribution in [1.82, 2.24) is 10.3 Å². The molecule has 0 bridgehead atoms. The summed E-state index contributed by atoms with van der Waals surface area (Å²) in [5.74, 6) is -0.464. The largest absolute Gasteiger partial charge is 0.444 e. The smallest absolute Gasteiger partial charge is 0.407 e. The molecule has 1 heterocycles. The number of benzene rings is 1. The number of pyridine rings is 1. The maximum absolute atomic E-state index is 12.7. The second kappa shape index (κ2) is 10.8. The number of rotatable bonds is 5. The Morgan fingerprint density at radius 2 is 1.55 bits per heavy atom. The van der Waals surface area contributed by atoms with E-state index in [4.69, 9.17) is 4.74 Å². The molecule has 2 aromatic rings. The van der Waals surface area contributed by atoms with Gasteiger partial charge in [0.1, 0.15) is 15.9 Å². The summed E-state index contributed by atoms with van der Waals surface area (Å²) in [5, 5.41) is 8.61. The summed E-state index contributed by atoms with van der Waals surface area (Å²) < 4.78 is 5.88. The fraction of sp³-hybridized carbons (Fsp3) is 0.417. The minimum Gasteiger partial charge on any atom is -0.444 e. The highest BCUT2D eigenvalue weighted by Crippen LogP contribution is 2.26. The Balaban J connectivity index is 1.45. The highest BCUT2D eigenvalue weighted by molar-refractivity contribution is 9.10. The third-order valence-electron chi connectivity index (χ3n) is 5.18. The lowest BCUT2D eigenvalue weighted by atomic mass is 9.85. The van der Waals surface area contributed by atoms with E-state index in [9.17, 15) is 14.4 Å². The fourth-order valence-electron chi connectivity index (χ4n) is 3.59. The van der Waals surface area contributed by atoms with Gasteiger partial charge in [0.05, 0.1) is 0 Å². The molecule has 0 atom stereocenters. The normalized spacial score (nSPS) is 18.2. The zero-order valence-corrected chi connectivity index (χ0v) is 20.6. The first-order valence-corrected chi connectivity index (χ1v) is 11.7. The monoisotopic (exact) mass is 516 g/mol. The molecule has 0 saturated heterocycles. The Morgan fingerprint density at radius 1 is 0.939 bits per heavy atom. The van der Waals surface area contributed by atoms with Gasteiger partial charge in [-0.2, -0.15) is 0 Å². The predicted molar refractivity (Wildman–Crippen MR) is 130 cm³/mol. The van der Waals surface area contributed by atoms with E-state index in [0.717, 1.165) is 12.8 Å². The molecule has 3 amide bonds. The summed E-state index contributed by atoms with van der Waals surface area (Å²) in [7, 11) is 0. The van der Waals surface area contributed by atoms with Gasteiger partial charge in [-0.1, -0.05) is 6.07 Å². The summed E-state index contributed by atoms with van der Waals surface area (Å²) in [6.45, 7) is 5.48. The van der Waals surface area contributed by atoms with Crippen molar-refractivity contribution >= 4 is 45.2 Å². The minimum atomic E-state index is -0.533. The summed E-state index contributed by atoms with van der Waals surface area (Å²) in [4.78, 5) is 41.0. The Morgan fingerprint density at radius 3 is 2.12 bits per heavy atom. The molecule has 1 saturated carbocycles. The average Bonchev–Trinajstić information content (AvgIpc) is 2.74. The molecule has 176 valence electrons. The van der Waals surface area contributed by atoms with Crippen LogP contribution in [0.25, 0.3) is 0 Å². The summed E-state index contributed by atoms with van der Waals surface area (Å²) in [6.07, 6.45) is 2.43. The van der Waals surface area contributed by atoms with Crippen LogP contribution in [-0.4, -0.2) is 34.5 Å². The van der Waals surface area contributed by atoms with Crippen LogP contribution in [0.15, 0.2) is 47.1 Å². The summed E-state index contributed by atoms with van der Waals surface area (Å²) >= 11 is 3.25. The van der Waals surface area contributed by atoms with E-state index < -0.39 is 11.7 Å². The lowest BCUT2D eigenvalue weighted by Crippen LogP contribution is -2.42. The second-order valence-corrected chi connectivity index (χ2v) is 9.87. The van der Waals surface area contributed by atoms with Gasteiger partial charge in [-0.25, -0.2) is 9.78 Å². The zero-order chi connectivity index (χ0) is 24.0. The molecule has 8 nitrogen and oxygen atoms in total. The molecule has 3 N–H and O–H groups in total. The van der Waals surface area contributed by atoms with Gasteiger partial charge >= 0.3 is 6.09 Å². The molecule has 0 unspecified atom stereocenters. The number of amides is 3. The Kier molecular flexibility index (Phi) is 8.07. The Hall–Kier alpha value is -2.94. The third-order valence-corrected chi connectivity index (χ3v) is 5.62. The maximum Gasteiger partial charge on any atom is 0.407 e. The number of carbonyl (C=O) groups excluding carboxylic acids is 3. The number of ether oxygens (including phenoxy) is 1. The first-order chi connectivity index (χ1) is 15.6. The van der Waals surface area contributed by atoms with Crippen LogP contribution >= 0.6 is 15.9 Å². The molecule has 1 fully saturated rings. The van der Waals surface area contributed by atoms with Crippen LogP contribution in [0, 0.1) is 5.92 Å². The molecule has 1 aromatic carbocycles. The van der Waals surface area contributed by atoms with Crippen molar-refractivity contribution in [1.29, 1.82) is 0 Å². The summed E-state index contributed by atoms with van der Waals surface area (Å²) in [5.41, 5.74) is 1.04. The standard InChI is InChI=1S/C24H29BrN4O4/c1-24(2,3)33-23(32)28-18-9-7-15(8-10-18)21(30)26-16-11-13-17(14-12-16)27-22(31)19-5-4-6-20(25)29-19/h4-6,11-15,18H,7-10H2,1-3H3,(H,26,30)(H,27,31)(H,28,32). The van der Waals surface area contributed by atoms with Gasteiger partial charge in [-0.3, -0.25) is 9.59 Å². The number of halogens is 1. The maximum atomic E-state index is 12.7. The number of nitrogens with one attached hydrogen (secondary N) is 3. The molecule has 33 heavy (non-hydrogen) atoms. The average molecular weight is 517 g/mol. The van der Waals surface area contributed by atoms with Gasteiger partial charge in [0.2, 0.25) is 5.91 Å². The molecule has 9 heteroatoms. The third kappa shape index (κ3) is 7.85. The van der Waals surface area contributed by atoms with Gasteiger partial charge in [0.15, 0.2) is 0 Å². The fourth-order valence-corrected chi connectivity index (χ4v) is 3.93. The number of alkyl carbamates (subject to hydrolysis) is 1. The van der Waals surface area contributed by atoms with E-state index in [2.05, 4.69) is 36.9 Å². The van der Waals surface area contributed by atoms with Gasteiger partial charge in [-0.05, 0) is 98.8 Å². The second-order valence-electron chi connectivity index (χ2n) is 9.06. The van der Waals surface area contributed by atoms with Crippen LogP contribution in [0.2, 0.25) is 0 Å². The molecule has 1 aliphatic rings. The van der Waals surface area contributed by atoms with Crippen LogP contribution in [0.1, 0.15) is 56.9 Å². The zero-order valence-electron chi connectivity index (χ0n) is 19.0. The molecule has 1 aliphatic carbocycles. The number of hydrogen-bond donors (Lipinski definition) is 3. The number of hydrogen-bond acceptors (Lipinski definition) is 5. The predicted octanol–water partition coefficient (Wildman–Crippen LogP) is 5.12. The molecule has 0 radical (unpaired) electrons.